The minimum Gasteiger partial charge on any atom is -0.404 e. The Morgan fingerprint density at radius 2 is 2.19 bits per heavy atom. The molecule has 0 aliphatic rings. The van der Waals surface area contributed by atoms with E-state index >= 15 is 0 Å². The van der Waals surface area contributed by atoms with Gasteiger partial charge in [-0.3, -0.25) is 4.68 Å². The molecule has 21 heavy (non-hydrogen) atoms. The van der Waals surface area contributed by atoms with Crippen LogP contribution in [0.5, 0.6) is 5.75 Å². The molecule has 1 atom stereocenters. The normalized spacial score (nSPS) is 13.0. The monoisotopic (exact) mass is 300 g/mol. The maximum Gasteiger partial charge on any atom is 0.573 e. The van der Waals surface area contributed by atoms with Crippen LogP contribution >= 0.6 is 0 Å². The maximum atomic E-state index is 12.0. The summed E-state index contributed by atoms with van der Waals surface area (Å²) in [5.74, 6) is 0.451. The molecule has 8 heteroatoms. The van der Waals surface area contributed by atoms with Crippen LogP contribution in [0.3, 0.4) is 0 Å². The van der Waals surface area contributed by atoms with Crippen molar-refractivity contribution in [1.29, 1.82) is 0 Å². The summed E-state index contributed by atoms with van der Waals surface area (Å²) in [5, 5.41) is 7.16. The molecule has 0 aromatic carbocycles. The number of alkyl halides is 3. The average Bonchev–Trinajstić information content (AvgIpc) is 2.89. The van der Waals surface area contributed by atoms with Crippen LogP contribution in [-0.2, 0) is 6.54 Å². The van der Waals surface area contributed by atoms with Gasteiger partial charge >= 0.3 is 6.36 Å². The summed E-state index contributed by atoms with van der Waals surface area (Å²) in [6, 6.07) is 4.52. The molecule has 0 spiro atoms. The molecule has 2 rings (SSSR count). The Morgan fingerprint density at radius 3 is 2.76 bits per heavy atom. The third-order valence-corrected chi connectivity index (χ3v) is 2.66. The van der Waals surface area contributed by atoms with Gasteiger partial charge in [0.2, 0.25) is 0 Å². The van der Waals surface area contributed by atoms with Crippen molar-refractivity contribution in [3.05, 3.63) is 36.8 Å². The van der Waals surface area contributed by atoms with Gasteiger partial charge in [0, 0.05) is 25.5 Å². The van der Waals surface area contributed by atoms with Gasteiger partial charge in [0.25, 0.3) is 0 Å². The Labute approximate surface area is 119 Å². The quantitative estimate of drug-likeness (QED) is 0.891. The van der Waals surface area contributed by atoms with Gasteiger partial charge in [0.15, 0.2) is 0 Å². The van der Waals surface area contributed by atoms with Crippen LogP contribution in [0.2, 0.25) is 0 Å². The fourth-order valence-electron chi connectivity index (χ4n) is 1.75. The highest BCUT2D eigenvalue weighted by atomic mass is 19.4. The Morgan fingerprint density at radius 1 is 1.38 bits per heavy atom. The number of aromatic nitrogens is 3. The summed E-state index contributed by atoms with van der Waals surface area (Å²) >= 11 is 0. The maximum absolute atomic E-state index is 12.0. The standard InChI is InChI=1S/C13H15F3N4O/c1-10(9-20-6-2-5-19-20)7-17-12-4-3-11(8-18-12)21-13(14,15)16/h2-6,8,10H,7,9H2,1H3,(H,17,18). The van der Waals surface area contributed by atoms with Crippen molar-refractivity contribution in [2.75, 3.05) is 11.9 Å². The van der Waals surface area contributed by atoms with Gasteiger partial charge < -0.3 is 10.1 Å². The smallest absolute Gasteiger partial charge is 0.404 e. The number of rotatable bonds is 6. The predicted molar refractivity (Wildman–Crippen MR) is 70.8 cm³/mol. The zero-order valence-corrected chi connectivity index (χ0v) is 11.3. The van der Waals surface area contributed by atoms with Gasteiger partial charge in [-0.15, -0.1) is 13.2 Å². The van der Waals surface area contributed by atoms with E-state index in [4.69, 9.17) is 0 Å². The lowest BCUT2D eigenvalue weighted by molar-refractivity contribution is -0.274. The molecule has 5 nitrogen and oxygen atoms in total. The summed E-state index contributed by atoms with van der Waals surface area (Å²) in [5.41, 5.74) is 0. The van der Waals surface area contributed by atoms with Crippen molar-refractivity contribution in [3.63, 3.8) is 0 Å². The molecule has 0 saturated heterocycles. The Bertz CT molecular complexity index is 540. The average molecular weight is 300 g/mol. The molecule has 0 aliphatic carbocycles. The van der Waals surface area contributed by atoms with Crippen LogP contribution in [0.4, 0.5) is 19.0 Å². The van der Waals surface area contributed by atoms with Gasteiger partial charge in [-0.05, 0) is 24.1 Å². The van der Waals surface area contributed by atoms with E-state index in [1.54, 1.807) is 6.20 Å². The van der Waals surface area contributed by atoms with Gasteiger partial charge in [-0.25, -0.2) is 4.98 Å². The molecule has 2 heterocycles. The van der Waals surface area contributed by atoms with Crippen molar-refractivity contribution in [2.45, 2.75) is 19.8 Å². The van der Waals surface area contributed by atoms with E-state index in [-0.39, 0.29) is 11.7 Å². The molecule has 0 amide bonds. The number of anilines is 1. The summed E-state index contributed by atoms with van der Waals surface area (Å²) in [6.45, 7) is 3.41. The predicted octanol–water partition coefficient (Wildman–Crippen LogP) is 2.92. The lowest BCUT2D eigenvalue weighted by atomic mass is 10.2. The second-order valence-corrected chi connectivity index (χ2v) is 4.64. The first kappa shape index (κ1) is 15.1. The van der Waals surface area contributed by atoms with Gasteiger partial charge in [0.05, 0.1) is 6.20 Å². The second-order valence-electron chi connectivity index (χ2n) is 4.64. The number of nitrogens with one attached hydrogen (secondary N) is 1. The first-order chi connectivity index (χ1) is 9.92. The van der Waals surface area contributed by atoms with E-state index in [1.807, 2.05) is 23.9 Å². The molecule has 0 bridgehead atoms. The molecule has 114 valence electrons. The zero-order chi connectivity index (χ0) is 15.3. The van der Waals surface area contributed by atoms with Crippen LogP contribution in [0.15, 0.2) is 36.8 Å². The number of pyridine rings is 1. The Balaban J connectivity index is 1.80. The molecule has 0 aliphatic heterocycles. The minimum atomic E-state index is -4.70. The molecular weight excluding hydrogens is 285 g/mol. The molecule has 1 N–H and O–H groups in total. The molecule has 0 saturated carbocycles. The molecule has 2 aromatic rings. The summed E-state index contributed by atoms with van der Waals surface area (Å²) in [6.07, 6.45) is -0.0814. The molecule has 0 fully saturated rings. The van der Waals surface area contributed by atoms with Gasteiger partial charge in [-0.1, -0.05) is 6.92 Å². The van der Waals surface area contributed by atoms with Crippen LogP contribution in [-0.4, -0.2) is 27.7 Å². The highest BCUT2D eigenvalue weighted by Crippen LogP contribution is 2.22. The SMILES string of the molecule is CC(CNc1ccc(OC(F)(F)F)cn1)Cn1cccn1. The third kappa shape index (κ3) is 5.33. The van der Waals surface area contributed by atoms with Crippen molar-refractivity contribution in [3.8, 4) is 5.75 Å². The van der Waals surface area contributed by atoms with Crippen LogP contribution in [0, 0.1) is 5.92 Å². The molecular formula is C13H15F3N4O. The molecule has 2 aromatic heterocycles. The number of hydrogen-bond acceptors (Lipinski definition) is 4. The minimum absolute atomic E-state index is 0.290. The highest BCUT2D eigenvalue weighted by molar-refractivity contribution is 5.37. The lowest BCUT2D eigenvalue weighted by Gasteiger charge is -2.13. The van der Waals surface area contributed by atoms with Crippen LogP contribution in [0.1, 0.15) is 6.92 Å². The van der Waals surface area contributed by atoms with E-state index in [9.17, 15) is 13.2 Å². The van der Waals surface area contributed by atoms with Crippen LogP contribution < -0.4 is 10.1 Å². The second kappa shape index (κ2) is 6.47. The summed E-state index contributed by atoms with van der Waals surface area (Å²) in [4.78, 5) is 3.87. The van der Waals surface area contributed by atoms with Crippen molar-refractivity contribution < 1.29 is 17.9 Å². The van der Waals surface area contributed by atoms with E-state index in [0.717, 1.165) is 12.7 Å². The lowest BCUT2D eigenvalue weighted by Crippen LogP contribution is -2.18. The summed E-state index contributed by atoms with van der Waals surface area (Å²) in [7, 11) is 0. The zero-order valence-electron chi connectivity index (χ0n) is 11.3. The van der Waals surface area contributed by atoms with Gasteiger partial charge in [-0.2, -0.15) is 5.10 Å². The van der Waals surface area contributed by atoms with E-state index < -0.39 is 6.36 Å². The van der Waals surface area contributed by atoms with Gasteiger partial charge in [0.1, 0.15) is 11.6 Å². The number of ether oxygens (including phenoxy) is 1. The molecule has 0 radical (unpaired) electrons. The van der Waals surface area contributed by atoms with Crippen molar-refractivity contribution in [1.82, 2.24) is 14.8 Å². The van der Waals surface area contributed by atoms with E-state index in [2.05, 4.69) is 20.1 Å². The van der Waals surface area contributed by atoms with E-state index in [0.29, 0.717) is 12.4 Å². The fraction of sp³-hybridized carbons (Fsp3) is 0.385. The fourth-order valence-corrected chi connectivity index (χ4v) is 1.75. The largest absolute Gasteiger partial charge is 0.573 e. The number of halogens is 3. The first-order valence-electron chi connectivity index (χ1n) is 6.35. The summed E-state index contributed by atoms with van der Waals surface area (Å²) < 4.78 is 41.6. The highest BCUT2D eigenvalue weighted by Gasteiger charge is 2.31. The van der Waals surface area contributed by atoms with E-state index in [1.165, 1.54) is 12.1 Å². The third-order valence-electron chi connectivity index (χ3n) is 2.66. The topological polar surface area (TPSA) is 52.0 Å². The van der Waals surface area contributed by atoms with Crippen molar-refractivity contribution >= 4 is 5.82 Å². The first-order valence-corrected chi connectivity index (χ1v) is 6.35. The van der Waals surface area contributed by atoms with Crippen molar-refractivity contribution in [2.24, 2.45) is 5.92 Å². The number of nitrogens with zero attached hydrogens (tertiary/aromatic N) is 3. The number of hydrogen-bond donors (Lipinski definition) is 1. The Kier molecular flexibility index (Phi) is 4.66. The molecule has 1 unspecified atom stereocenters. The Hall–Kier alpha value is -2.25. The van der Waals surface area contributed by atoms with Crippen LogP contribution in [0.25, 0.3) is 0 Å².